The molecule has 0 aromatic heterocycles. The van der Waals surface area contributed by atoms with E-state index >= 15 is 0 Å². The van der Waals surface area contributed by atoms with E-state index in [0.717, 1.165) is 29.8 Å². The largest absolute Gasteiger partial charge is 0.326 e. The number of benzene rings is 2. The molecule has 1 aliphatic carbocycles. The van der Waals surface area contributed by atoms with Crippen molar-refractivity contribution in [1.82, 2.24) is 0 Å². The normalized spacial score (nSPS) is 18.0. The summed E-state index contributed by atoms with van der Waals surface area (Å²) in [7, 11) is 0. The summed E-state index contributed by atoms with van der Waals surface area (Å²) in [6.07, 6.45) is 3.36. The zero-order chi connectivity index (χ0) is 19.5. The number of nitrogens with one attached hydrogen (secondary N) is 3. The van der Waals surface area contributed by atoms with E-state index in [9.17, 15) is 14.4 Å². The molecule has 0 spiro atoms. The fourth-order valence-corrected chi connectivity index (χ4v) is 3.40. The van der Waals surface area contributed by atoms with Crippen molar-refractivity contribution in [2.75, 3.05) is 16.0 Å². The molecule has 0 saturated heterocycles. The van der Waals surface area contributed by atoms with Crippen LogP contribution >= 0.6 is 0 Å². The third-order valence-electron chi connectivity index (χ3n) is 5.22. The van der Waals surface area contributed by atoms with E-state index in [0.29, 0.717) is 18.5 Å². The first-order chi connectivity index (χ1) is 13.6. The van der Waals surface area contributed by atoms with Crippen LogP contribution in [0.5, 0.6) is 0 Å². The second-order valence-electron chi connectivity index (χ2n) is 7.48. The predicted octanol–water partition coefficient (Wildman–Crippen LogP) is 3.56. The number of hydrogen-bond acceptors (Lipinski definition) is 3. The summed E-state index contributed by atoms with van der Waals surface area (Å²) in [5.41, 5.74) is 3.37. The Morgan fingerprint density at radius 2 is 1.64 bits per heavy atom. The third kappa shape index (κ3) is 4.39. The van der Waals surface area contributed by atoms with Gasteiger partial charge in [0.15, 0.2) is 0 Å². The summed E-state index contributed by atoms with van der Waals surface area (Å²) in [6.45, 7) is 0. The van der Waals surface area contributed by atoms with Gasteiger partial charge in [-0.2, -0.15) is 0 Å². The fourth-order valence-electron chi connectivity index (χ4n) is 3.40. The van der Waals surface area contributed by atoms with Crippen molar-refractivity contribution in [3.8, 4) is 0 Å². The van der Waals surface area contributed by atoms with Crippen LogP contribution in [0.1, 0.15) is 31.2 Å². The van der Waals surface area contributed by atoms with E-state index in [1.54, 1.807) is 24.3 Å². The lowest BCUT2D eigenvalue weighted by molar-refractivity contribution is -0.121. The van der Waals surface area contributed by atoms with Crippen molar-refractivity contribution < 1.29 is 14.4 Å². The highest BCUT2D eigenvalue weighted by Crippen LogP contribution is 2.30. The van der Waals surface area contributed by atoms with Crippen LogP contribution in [0, 0.1) is 11.8 Å². The molecule has 1 saturated carbocycles. The quantitative estimate of drug-likeness (QED) is 0.719. The number of carbonyl (C=O) groups is 3. The number of hydrogen-bond donors (Lipinski definition) is 3. The highest BCUT2D eigenvalue weighted by Gasteiger charge is 2.29. The van der Waals surface area contributed by atoms with Crippen LogP contribution in [0.2, 0.25) is 0 Å². The van der Waals surface area contributed by atoms with Gasteiger partial charge in [-0.15, -0.1) is 0 Å². The minimum atomic E-state index is -0.194. The molecule has 28 heavy (non-hydrogen) atoms. The molecular formula is C22H23N3O3. The summed E-state index contributed by atoms with van der Waals surface area (Å²) in [5.74, 6) is -0.128. The van der Waals surface area contributed by atoms with Crippen LogP contribution in [0.15, 0.2) is 48.5 Å². The second-order valence-corrected chi connectivity index (χ2v) is 7.48. The summed E-state index contributed by atoms with van der Waals surface area (Å²) >= 11 is 0. The molecule has 4 rings (SSSR count). The number of rotatable bonds is 6. The van der Waals surface area contributed by atoms with Gasteiger partial charge < -0.3 is 16.0 Å². The fraction of sp³-hybridized carbons (Fsp3) is 0.318. The lowest BCUT2D eigenvalue weighted by Crippen LogP contribution is -2.30. The van der Waals surface area contributed by atoms with Gasteiger partial charge in [0.1, 0.15) is 0 Å². The minimum absolute atomic E-state index is 0.0257. The molecule has 2 aromatic carbocycles. The Labute approximate surface area is 163 Å². The molecule has 0 radical (unpaired) electrons. The van der Waals surface area contributed by atoms with Gasteiger partial charge in [0.25, 0.3) is 0 Å². The molecule has 2 aromatic rings. The molecule has 1 aliphatic heterocycles. The lowest BCUT2D eigenvalue weighted by Gasteiger charge is -2.24. The topological polar surface area (TPSA) is 87.3 Å². The molecule has 6 nitrogen and oxygen atoms in total. The highest BCUT2D eigenvalue weighted by atomic mass is 16.2. The number of carbonyl (C=O) groups excluding carboxylic acids is 3. The molecule has 1 atom stereocenters. The van der Waals surface area contributed by atoms with Gasteiger partial charge in [-0.05, 0) is 61.6 Å². The van der Waals surface area contributed by atoms with Gasteiger partial charge in [0.2, 0.25) is 17.7 Å². The summed E-state index contributed by atoms with van der Waals surface area (Å²) in [6, 6.07) is 14.8. The summed E-state index contributed by atoms with van der Waals surface area (Å²) < 4.78 is 0. The molecule has 0 bridgehead atoms. The molecule has 1 unspecified atom stereocenters. The van der Waals surface area contributed by atoms with Crippen molar-refractivity contribution >= 4 is 34.8 Å². The van der Waals surface area contributed by atoms with E-state index < -0.39 is 0 Å². The smallest absolute Gasteiger partial charge is 0.227 e. The van der Waals surface area contributed by atoms with Crippen LogP contribution in [-0.4, -0.2) is 17.7 Å². The van der Waals surface area contributed by atoms with Crippen LogP contribution in [0.3, 0.4) is 0 Å². The highest BCUT2D eigenvalue weighted by molar-refractivity contribution is 5.97. The lowest BCUT2D eigenvalue weighted by atomic mass is 9.89. The Kier molecular flexibility index (Phi) is 5.10. The Bertz CT molecular complexity index is 903. The van der Waals surface area contributed by atoms with E-state index in [1.807, 2.05) is 24.3 Å². The predicted molar refractivity (Wildman–Crippen MR) is 108 cm³/mol. The van der Waals surface area contributed by atoms with Crippen LogP contribution in [0.4, 0.5) is 17.1 Å². The van der Waals surface area contributed by atoms with Crippen molar-refractivity contribution in [3.05, 3.63) is 54.1 Å². The average molecular weight is 377 g/mol. The van der Waals surface area contributed by atoms with E-state index in [4.69, 9.17) is 0 Å². The Balaban J connectivity index is 1.26. The maximum Gasteiger partial charge on any atom is 0.227 e. The van der Waals surface area contributed by atoms with Gasteiger partial charge in [0.05, 0.1) is 0 Å². The van der Waals surface area contributed by atoms with Gasteiger partial charge in [0, 0.05) is 35.3 Å². The maximum atomic E-state index is 12.3. The van der Waals surface area contributed by atoms with E-state index in [1.165, 1.54) is 0 Å². The minimum Gasteiger partial charge on any atom is -0.326 e. The van der Waals surface area contributed by atoms with Crippen molar-refractivity contribution in [3.63, 3.8) is 0 Å². The second kappa shape index (κ2) is 7.84. The molecule has 1 fully saturated rings. The Morgan fingerprint density at radius 3 is 2.36 bits per heavy atom. The van der Waals surface area contributed by atoms with Gasteiger partial charge in [-0.25, -0.2) is 0 Å². The first kappa shape index (κ1) is 18.2. The van der Waals surface area contributed by atoms with E-state index in [2.05, 4.69) is 16.0 Å². The average Bonchev–Trinajstić information content (AvgIpc) is 3.53. The van der Waals surface area contributed by atoms with Crippen LogP contribution in [-0.2, 0) is 20.8 Å². The number of anilines is 3. The van der Waals surface area contributed by atoms with Gasteiger partial charge in [-0.3, -0.25) is 14.4 Å². The molecule has 6 heteroatoms. The van der Waals surface area contributed by atoms with Crippen molar-refractivity contribution in [2.24, 2.45) is 11.8 Å². The molecular weight excluding hydrogens is 354 g/mol. The Hall–Kier alpha value is -3.15. The third-order valence-corrected chi connectivity index (χ3v) is 5.22. The zero-order valence-corrected chi connectivity index (χ0v) is 15.5. The monoisotopic (exact) mass is 377 g/mol. The summed E-state index contributed by atoms with van der Waals surface area (Å²) in [4.78, 5) is 36.2. The van der Waals surface area contributed by atoms with Gasteiger partial charge >= 0.3 is 0 Å². The molecule has 2 aliphatic rings. The molecule has 3 amide bonds. The number of fused-ring (bicyclic) bond motifs is 1. The van der Waals surface area contributed by atoms with Gasteiger partial charge in [-0.1, -0.05) is 18.2 Å². The van der Waals surface area contributed by atoms with Crippen LogP contribution < -0.4 is 16.0 Å². The molecule has 144 valence electrons. The standard InChI is InChI=1S/C22H23N3O3/c26-20(12-7-16-13-15-3-1-2-4-19(15)25-22(16)28)23-17-8-10-18(11-9-17)24-21(27)14-5-6-14/h1-4,8-11,14,16H,5-7,12-13H2,(H,23,26)(H,24,27)(H,25,28). The number of para-hydroxylation sites is 1. The number of amides is 3. The Morgan fingerprint density at radius 1 is 0.964 bits per heavy atom. The molecule has 3 N–H and O–H groups in total. The first-order valence-corrected chi connectivity index (χ1v) is 9.68. The van der Waals surface area contributed by atoms with Crippen molar-refractivity contribution in [1.29, 1.82) is 0 Å². The first-order valence-electron chi connectivity index (χ1n) is 9.68. The maximum absolute atomic E-state index is 12.3. The zero-order valence-electron chi connectivity index (χ0n) is 15.5. The van der Waals surface area contributed by atoms with Crippen molar-refractivity contribution in [2.45, 2.75) is 32.1 Å². The van der Waals surface area contributed by atoms with Crippen LogP contribution in [0.25, 0.3) is 0 Å². The molecule has 1 heterocycles. The SMILES string of the molecule is O=C(CCC1Cc2ccccc2NC1=O)Nc1ccc(NC(=O)C2CC2)cc1. The summed E-state index contributed by atoms with van der Waals surface area (Å²) in [5, 5.41) is 8.63. The van der Waals surface area contributed by atoms with E-state index in [-0.39, 0.29) is 36.0 Å².